The monoisotopic (exact) mass is 366 g/mol. The number of carbonyl (C=O) groups excluding carboxylic acids is 1. The van der Waals surface area contributed by atoms with E-state index in [0.717, 1.165) is 16.0 Å². The van der Waals surface area contributed by atoms with Crippen LogP contribution in [-0.4, -0.2) is 20.7 Å². The Kier molecular flexibility index (Phi) is 4.00. The van der Waals surface area contributed by atoms with Crippen molar-refractivity contribution >= 4 is 33.3 Å². The maximum Gasteiger partial charge on any atom is 0.256 e. The van der Waals surface area contributed by atoms with Gasteiger partial charge in [0.05, 0.1) is 15.9 Å². The van der Waals surface area contributed by atoms with Gasteiger partial charge in [0, 0.05) is 11.6 Å². The van der Waals surface area contributed by atoms with Gasteiger partial charge in [0.2, 0.25) is 5.13 Å². The lowest BCUT2D eigenvalue weighted by molar-refractivity contribution is 0.102. The van der Waals surface area contributed by atoms with Crippen LogP contribution in [0.4, 0.5) is 10.2 Å². The second-order valence-electron chi connectivity index (χ2n) is 6.01. The highest BCUT2D eigenvalue weighted by molar-refractivity contribution is 7.20. The number of amides is 1. The molecule has 0 unspecified atom stereocenters. The second-order valence-corrected chi connectivity index (χ2v) is 7.02. The highest BCUT2D eigenvalue weighted by atomic mass is 32.1. The van der Waals surface area contributed by atoms with E-state index >= 15 is 0 Å². The third kappa shape index (κ3) is 3.09. The molecule has 0 spiro atoms. The molecule has 1 amide bonds. The minimum absolute atomic E-state index is 0.220. The normalized spacial score (nSPS) is 11.0. The summed E-state index contributed by atoms with van der Waals surface area (Å²) in [5, 5.41) is 7.87. The van der Waals surface area contributed by atoms with Gasteiger partial charge in [-0.2, -0.15) is 9.78 Å². The molecule has 0 fully saturated rings. The number of carbonyl (C=O) groups is 1. The predicted octanol–water partition coefficient (Wildman–Crippen LogP) is 4.49. The quantitative estimate of drug-likeness (QED) is 0.581. The second kappa shape index (κ2) is 6.34. The van der Waals surface area contributed by atoms with Crippen molar-refractivity contribution in [2.75, 3.05) is 5.32 Å². The number of hydrogen-bond donors (Lipinski definition) is 1. The Morgan fingerprint density at radius 3 is 2.81 bits per heavy atom. The summed E-state index contributed by atoms with van der Waals surface area (Å²) < 4.78 is 15.7. The molecular formula is C19H15FN4OS. The summed E-state index contributed by atoms with van der Waals surface area (Å²) in [5.74, 6) is -0.00661. The minimum atomic E-state index is -0.308. The maximum absolute atomic E-state index is 13.4. The van der Waals surface area contributed by atoms with Crippen molar-refractivity contribution in [1.29, 1.82) is 0 Å². The molecule has 26 heavy (non-hydrogen) atoms. The van der Waals surface area contributed by atoms with Gasteiger partial charge in [0.25, 0.3) is 5.91 Å². The van der Waals surface area contributed by atoms with Crippen molar-refractivity contribution < 1.29 is 9.18 Å². The van der Waals surface area contributed by atoms with E-state index < -0.39 is 0 Å². The van der Waals surface area contributed by atoms with Gasteiger partial charge in [-0.15, -0.1) is 0 Å². The molecule has 0 radical (unpaired) electrons. The first-order valence-corrected chi connectivity index (χ1v) is 8.82. The third-order valence-corrected chi connectivity index (χ3v) is 4.87. The van der Waals surface area contributed by atoms with Crippen LogP contribution < -0.4 is 5.32 Å². The average Bonchev–Trinajstić information content (AvgIpc) is 3.17. The molecule has 1 N–H and O–H groups in total. The molecule has 0 aliphatic carbocycles. The van der Waals surface area contributed by atoms with E-state index in [2.05, 4.69) is 15.4 Å². The smallest absolute Gasteiger partial charge is 0.256 e. The first-order valence-electron chi connectivity index (χ1n) is 8.01. The van der Waals surface area contributed by atoms with Gasteiger partial charge in [-0.1, -0.05) is 29.0 Å². The molecule has 0 bridgehead atoms. The number of nitrogens with zero attached hydrogens (tertiary/aromatic N) is 3. The zero-order chi connectivity index (χ0) is 18.3. The van der Waals surface area contributed by atoms with Crippen molar-refractivity contribution in [3.05, 3.63) is 71.2 Å². The lowest BCUT2D eigenvalue weighted by atomic mass is 10.1. The Bertz CT molecular complexity index is 1130. The van der Waals surface area contributed by atoms with E-state index in [1.807, 2.05) is 32.0 Å². The van der Waals surface area contributed by atoms with Crippen LogP contribution in [0.1, 0.15) is 21.6 Å². The van der Waals surface area contributed by atoms with E-state index in [1.165, 1.54) is 23.5 Å². The fourth-order valence-electron chi connectivity index (χ4n) is 2.69. The van der Waals surface area contributed by atoms with E-state index in [0.29, 0.717) is 22.0 Å². The molecule has 0 aliphatic heterocycles. The molecule has 5 nitrogen and oxygen atoms in total. The standard InChI is InChI=1S/C19H15FN4OS/c1-11-4-3-5-13(8-11)18(25)22-17-9-12(2)23-24(17)19-21-15-7-6-14(20)10-16(15)26-19/h3-10H,1-2H3,(H,22,25). The highest BCUT2D eigenvalue weighted by Crippen LogP contribution is 2.28. The van der Waals surface area contributed by atoms with E-state index in [-0.39, 0.29) is 11.7 Å². The van der Waals surface area contributed by atoms with Crippen LogP contribution in [0.5, 0.6) is 0 Å². The Morgan fingerprint density at radius 2 is 2.00 bits per heavy atom. The first-order chi connectivity index (χ1) is 12.5. The molecule has 2 aromatic carbocycles. The summed E-state index contributed by atoms with van der Waals surface area (Å²) >= 11 is 1.32. The number of thiazole rings is 1. The van der Waals surface area contributed by atoms with Crippen molar-refractivity contribution in [1.82, 2.24) is 14.8 Å². The number of benzene rings is 2. The molecule has 0 atom stereocenters. The molecule has 4 aromatic rings. The summed E-state index contributed by atoms with van der Waals surface area (Å²) in [6.45, 7) is 3.78. The largest absolute Gasteiger partial charge is 0.306 e. The molecule has 2 aromatic heterocycles. The van der Waals surface area contributed by atoms with Crippen LogP contribution in [0.3, 0.4) is 0 Å². The first kappa shape index (κ1) is 16.4. The fraction of sp³-hybridized carbons (Fsp3) is 0.105. The summed E-state index contributed by atoms with van der Waals surface area (Å²) in [4.78, 5) is 17.1. The molecule has 0 saturated carbocycles. The lowest BCUT2D eigenvalue weighted by Crippen LogP contribution is -2.15. The minimum Gasteiger partial charge on any atom is -0.306 e. The Hall–Kier alpha value is -3.06. The Labute approximate surface area is 153 Å². The Balaban J connectivity index is 1.71. The number of nitrogens with one attached hydrogen (secondary N) is 1. The Morgan fingerprint density at radius 1 is 1.15 bits per heavy atom. The number of hydrogen-bond acceptors (Lipinski definition) is 4. The van der Waals surface area contributed by atoms with Crippen molar-refractivity contribution in [2.45, 2.75) is 13.8 Å². The molecule has 0 saturated heterocycles. The zero-order valence-corrected chi connectivity index (χ0v) is 15.0. The number of anilines is 1. The number of aryl methyl sites for hydroxylation is 2. The van der Waals surface area contributed by atoms with Gasteiger partial charge in [0.1, 0.15) is 11.6 Å². The highest BCUT2D eigenvalue weighted by Gasteiger charge is 2.15. The zero-order valence-electron chi connectivity index (χ0n) is 14.2. The molecule has 0 aliphatic rings. The molecule has 130 valence electrons. The summed E-state index contributed by atoms with van der Waals surface area (Å²) in [6.07, 6.45) is 0. The van der Waals surface area contributed by atoms with Crippen LogP contribution in [-0.2, 0) is 0 Å². The number of aromatic nitrogens is 3. The van der Waals surface area contributed by atoms with Gasteiger partial charge in [-0.3, -0.25) is 4.79 Å². The van der Waals surface area contributed by atoms with Crippen LogP contribution in [0, 0.1) is 19.7 Å². The average molecular weight is 366 g/mol. The molecular weight excluding hydrogens is 351 g/mol. The van der Waals surface area contributed by atoms with Gasteiger partial charge < -0.3 is 5.32 Å². The van der Waals surface area contributed by atoms with Gasteiger partial charge in [-0.25, -0.2) is 9.37 Å². The van der Waals surface area contributed by atoms with Crippen molar-refractivity contribution in [3.63, 3.8) is 0 Å². The molecule has 7 heteroatoms. The molecule has 2 heterocycles. The maximum atomic E-state index is 13.4. The topological polar surface area (TPSA) is 59.8 Å². The number of rotatable bonds is 3. The SMILES string of the molecule is Cc1cccc(C(=O)Nc2cc(C)nn2-c2nc3ccc(F)cc3s2)c1. The molecule has 4 rings (SSSR count). The van der Waals surface area contributed by atoms with Crippen LogP contribution in [0.2, 0.25) is 0 Å². The number of halogens is 1. The summed E-state index contributed by atoms with van der Waals surface area (Å²) in [6, 6.07) is 13.6. The summed E-state index contributed by atoms with van der Waals surface area (Å²) in [5.41, 5.74) is 3.02. The van der Waals surface area contributed by atoms with Crippen LogP contribution >= 0.6 is 11.3 Å². The third-order valence-electron chi connectivity index (χ3n) is 3.87. The van der Waals surface area contributed by atoms with Crippen molar-refractivity contribution in [3.8, 4) is 5.13 Å². The van der Waals surface area contributed by atoms with Gasteiger partial charge >= 0.3 is 0 Å². The van der Waals surface area contributed by atoms with Gasteiger partial charge in [0.15, 0.2) is 0 Å². The number of fused-ring (bicyclic) bond motifs is 1. The van der Waals surface area contributed by atoms with E-state index in [1.54, 1.807) is 22.9 Å². The summed E-state index contributed by atoms with van der Waals surface area (Å²) in [7, 11) is 0. The van der Waals surface area contributed by atoms with Crippen LogP contribution in [0.25, 0.3) is 15.3 Å². The van der Waals surface area contributed by atoms with Crippen molar-refractivity contribution in [2.24, 2.45) is 0 Å². The fourth-order valence-corrected chi connectivity index (χ4v) is 3.64. The van der Waals surface area contributed by atoms with E-state index in [9.17, 15) is 9.18 Å². The van der Waals surface area contributed by atoms with Gasteiger partial charge in [-0.05, 0) is 44.2 Å². The predicted molar refractivity (Wildman–Crippen MR) is 101 cm³/mol. The lowest BCUT2D eigenvalue weighted by Gasteiger charge is -2.07. The van der Waals surface area contributed by atoms with E-state index in [4.69, 9.17) is 0 Å². The van der Waals surface area contributed by atoms with Crippen LogP contribution in [0.15, 0.2) is 48.5 Å².